The smallest absolute Gasteiger partial charge is 0.306 e. The predicted molar refractivity (Wildman–Crippen MR) is 75.3 cm³/mol. The van der Waals surface area contributed by atoms with Crippen LogP contribution in [0.25, 0.3) is 0 Å². The number of esters is 1. The van der Waals surface area contributed by atoms with E-state index in [9.17, 15) is 9.59 Å². The van der Waals surface area contributed by atoms with Crippen LogP contribution in [0.15, 0.2) is 24.3 Å². The molecule has 5 nitrogen and oxygen atoms in total. The summed E-state index contributed by atoms with van der Waals surface area (Å²) in [6.45, 7) is 4.37. The summed E-state index contributed by atoms with van der Waals surface area (Å²) in [5.74, 6) is 0.258. The molecule has 0 atom stereocenters. The first-order chi connectivity index (χ1) is 9.51. The van der Waals surface area contributed by atoms with Gasteiger partial charge in [0.2, 0.25) is 5.91 Å². The minimum absolute atomic E-state index is 0.101. The summed E-state index contributed by atoms with van der Waals surface area (Å²) in [5, 5.41) is 2.75. The Morgan fingerprint density at radius 3 is 2.35 bits per heavy atom. The Balaban J connectivity index is 2.34. The second kappa shape index (κ2) is 8.19. The molecule has 1 N–H and O–H groups in total. The molecule has 1 aromatic rings. The van der Waals surface area contributed by atoms with Crippen molar-refractivity contribution in [2.45, 2.75) is 39.3 Å². The van der Waals surface area contributed by atoms with E-state index in [1.54, 1.807) is 0 Å². The number of carbonyl (C=O) groups is 2. The fourth-order valence-corrected chi connectivity index (χ4v) is 1.56. The fraction of sp³-hybridized carbons (Fsp3) is 0.467. The van der Waals surface area contributed by atoms with E-state index in [1.165, 1.54) is 7.11 Å². The topological polar surface area (TPSA) is 64.6 Å². The van der Waals surface area contributed by atoms with Crippen LogP contribution in [-0.4, -0.2) is 25.1 Å². The van der Waals surface area contributed by atoms with Crippen LogP contribution >= 0.6 is 0 Å². The van der Waals surface area contributed by atoms with Gasteiger partial charge < -0.3 is 14.8 Å². The molecular formula is C15H21NO4. The molecule has 1 rings (SSSR count). The molecule has 1 aromatic carbocycles. The van der Waals surface area contributed by atoms with Gasteiger partial charge in [0.05, 0.1) is 19.6 Å². The van der Waals surface area contributed by atoms with Gasteiger partial charge in [0.25, 0.3) is 0 Å². The summed E-state index contributed by atoms with van der Waals surface area (Å²) in [6, 6.07) is 7.54. The standard InChI is InChI=1S/C15H21NO4/c1-11(2)20-13-6-4-12(5-7-13)10-16-14(17)8-9-15(18)19-3/h4-7,11H,8-10H2,1-3H3,(H,16,17). The molecule has 1 amide bonds. The molecule has 0 bridgehead atoms. The van der Waals surface area contributed by atoms with E-state index < -0.39 is 0 Å². The summed E-state index contributed by atoms with van der Waals surface area (Å²) in [4.78, 5) is 22.4. The summed E-state index contributed by atoms with van der Waals surface area (Å²) in [7, 11) is 1.31. The maximum atomic E-state index is 11.5. The molecule has 0 aliphatic rings. The summed E-state index contributed by atoms with van der Waals surface area (Å²) in [5.41, 5.74) is 0.979. The van der Waals surface area contributed by atoms with Gasteiger partial charge in [-0.05, 0) is 31.5 Å². The van der Waals surface area contributed by atoms with Crippen molar-refractivity contribution >= 4 is 11.9 Å². The van der Waals surface area contributed by atoms with Crippen LogP contribution in [0.2, 0.25) is 0 Å². The number of carbonyl (C=O) groups excluding carboxylic acids is 2. The number of ether oxygens (including phenoxy) is 2. The third kappa shape index (κ3) is 6.22. The fourth-order valence-electron chi connectivity index (χ4n) is 1.56. The Labute approximate surface area is 119 Å². The number of methoxy groups -OCH3 is 1. The van der Waals surface area contributed by atoms with Gasteiger partial charge in [0.1, 0.15) is 5.75 Å². The number of amides is 1. The van der Waals surface area contributed by atoms with Crippen LogP contribution in [0.4, 0.5) is 0 Å². The molecule has 0 fully saturated rings. The van der Waals surface area contributed by atoms with Crippen LogP contribution in [0, 0.1) is 0 Å². The number of rotatable bonds is 7. The van der Waals surface area contributed by atoms with Gasteiger partial charge in [-0.3, -0.25) is 9.59 Å². The zero-order chi connectivity index (χ0) is 15.0. The van der Waals surface area contributed by atoms with E-state index in [0.29, 0.717) is 6.54 Å². The summed E-state index contributed by atoms with van der Waals surface area (Å²) < 4.78 is 10.0. The van der Waals surface area contributed by atoms with Crippen LogP contribution < -0.4 is 10.1 Å². The lowest BCUT2D eigenvalue weighted by Crippen LogP contribution is -2.23. The molecule has 0 spiro atoms. The van der Waals surface area contributed by atoms with Crippen LogP contribution in [-0.2, 0) is 20.9 Å². The first-order valence-electron chi connectivity index (χ1n) is 6.60. The van der Waals surface area contributed by atoms with Crippen molar-refractivity contribution < 1.29 is 19.1 Å². The van der Waals surface area contributed by atoms with Crippen molar-refractivity contribution in [3.63, 3.8) is 0 Å². The third-order valence-electron chi connectivity index (χ3n) is 2.57. The quantitative estimate of drug-likeness (QED) is 0.776. The lowest BCUT2D eigenvalue weighted by molar-refractivity contribution is -0.142. The second-order valence-electron chi connectivity index (χ2n) is 4.66. The highest BCUT2D eigenvalue weighted by molar-refractivity contribution is 5.81. The summed E-state index contributed by atoms with van der Waals surface area (Å²) >= 11 is 0. The van der Waals surface area contributed by atoms with Crippen LogP contribution in [0.1, 0.15) is 32.3 Å². The zero-order valence-corrected chi connectivity index (χ0v) is 12.1. The average Bonchev–Trinajstić information content (AvgIpc) is 2.43. The lowest BCUT2D eigenvalue weighted by atomic mass is 10.2. The molecule has 0 saturated heterocycles. The maximum absolute atomic E-state index is 11.5. The maximum Gasteiger partial charge on any atom is 0.306 e. The first kappa shape index (κ1) is 16.0. The van der Waals surface area contributed by atoms with Gasteiger partial charge in [-0.1, -0.05) is 12.1 Å². The number of benzene rings is 1. The first-order valence-corrected chi connectivity index (χ1v) is 6.60. The third-order valence-corrected chi connectivity index (χ3v) is 2.57. The predicted octanol–water partition coefficient (Wildman–Crippen LogP) is 2.04. The molecule has 0 aromatic heterocycles. The highest BCUT2D eigenvalue weighted by atomic mass is 16.5. The Hall–Kier alpha value is -2.04. The van der Waals surface area contributed by atoms with Gasteiger partial charge in [-0.25, -0.2) is 0 Å². The largest absolute Gasteiger partial charge is 0.491 e. The van der Waals surface area contributed by atoms with Gasteiger partial charge >= 0.3 is 5.97 Å². The minimum Gasteiger partial charge on any atom is -0.491 e. The summed E-state index contributed by atoms with van der Waals surface area (Å²) in [6.07, 6.45) is 0.379. The normalized spacial score (nSPS) is 10.2. The highest BCUT2D eigenvalue weighted by Gasteiger charge is 2.06. The van der Waals surface area contributed by atoms with Gasteiger partial charge in [0.15, 0.2) is 0 Å². The highest BCUT2D eigenvalue weighted by Crippen LogP contribution is 2.13. The molecule has 0 aliphatic carbocycles. The number of hydrogen-bond acceptors (Lipinski definition) is 4. The molecule has 0 radical (unpaired) electrons. The zero-order valence-electron chi connectivity index (χ0n) is 12.1. The number of nitrogens with one attached hydrogen (secondary N) is 1. The van der Waals surface area contributed by atoms with Crippen molar-refractivity contribution in [3.8, 4) is 5.75 Å². The van der Waals surface area contributed by atoms with E-state index >= 15 is 0 Å². The van der Waals surface area contributed by atoms with Crippen molar-refractivity contribution in [2.24, 2.45) is 0 Å². The van der Waals surface area contributed by atoms with Crippen molar-refractivity contribution in [2.75, 3.05) is 7.11 Å². The van der Waals surface area contributed by atoms with Gasteiger partial charge in [-0.15, -0.1) is 0 Å². The van der Waals surface area contributed by atoms with Crippen LogP contribution in [0.3, 0.4) is 0 Å². The van der Waals surface area contributed by atoms with E-state index in [0.717, 1.165) is 11.3 Å². The van der Waals surface area contributed by atoms with E-state index in [-0.39, 0.29) is 30.8 Å². The monoisotopic (exact) mass is 279 g/mol. The van der Waals surface area contributed by atoms with E-state index in [1.807, 2.05) is 38.1 Å². The average molecular weight is 279 g/mol. The molecule has 0 aliphatic heterocycles. The second-order valence-corrected chi connectivity index (χ2v) is 4.66. The van der Waals surface area contributed by atoms with E-state index in [2.05, 4.69) is 10.1 Å². The number of hydrogen-bond donors (Lipinski definition) is 1. The lowest BCUT2D eigenvalue weighted by Gasteiger charge is -2.10. The van der Waals surface area contributed by atoms with E-state index in [4.69, 9.17) is 4.74 Å². The van der Waals surface area contributed by atoms with Crippen molar-refractivity contribution in [1.29, 1.82) is 0 Å². The molecule has 0 unspecified atom stereocenters. The Kier molecular flexibility index (Phi) is 6.56. The molecule has 5 heteroatoms. The molecule has 20 heavy (non-hydrogen) atoms. The van der Waals surface area contributed by atoms with Crippen molar-refractivity contribution in [1.82, 2.24) is 5.32 Å². The molecular weight excluding hydrogens is 258 g/mol. The molecule has 110 valence electrons. The Morgan fingerprint density at radius 1 is 1.15 bits per heavy atom. The minimum atomic E-state index is -0.379. The van der Waals surface area contributed by atoms with Crippen LogP contribution in [0.5, 0.6) is 5.75 Å². The van der Waals surface area contributed by atoms with Gasteiger partial charge in [-0.2, -0.15) is 0 Å². The van der Waals surface area contributed by atoms with Crippen molar-refractivity contribution in [3.05, 3.63) is 29.8 Å². The van der Waals surface area contributed by atoms with Gasteiger partial charge in [0, 0.05) is 13.0 Å². The Bertz CT molecular complexity index is 440. The Morgan fingerprint density at radius 2 is 1.80 bits per heavy atom. The molecule has 0 saturated carbocycles. The molecule has 0 heterocycles. The SMILES string of the molecule is COC(=O)CCC(=O)NCc1ccc(OC(C)C)cc1.